The largest absolute Gasteiger partial charge is 0.488 e. The first kappa shape index (κ1) is 20.0. The highest BCUT2D eigenvalue weighted by Crippen LogP contribution is 2.28. The predicted molar refractivity (Wildman–Crippen MR) is 112 cm³/mol. The minimum absolute atomic E-state index is 0.0429. The van der Waals surface area contributed by atoms with Gasteiger partial charge in [-0.2, -0.15) is 9.28 Å². The van der Waals surface area contributed by atoms with Crippen molar-refractivity contribution in [2.45, 2.75) is 43.4 Å². The van der Waals surface area contributed by atoms with Gasteiger partial charge in [0.15, 0.2) is 20.8 Å². The third-order valence-corrected chi connectivity index (χ3v) is 6.41. The first-order valence-electron chi connectivity index (χ1n) is 9.10. The summed E-state index contributed by atoms with van der Waals surface area (Å²) >= 11 is -0.274. The Morgan fingerprint density at radius 1 is 1.11 bits per heavy atom. The lowest BCUT2D eigenvalue weighted by Gasteiger charge is -2.18. The topological polar surface area (TPSA) is 67.5 Å². The van der Waals surface area contributed by atoms with E-state index in [9.17, 15) is 10.0 Å². The van der Waals surface area contributed by atoms with Gasteiger partial charge in [0.25, 0.3) is 0 Å². The van der Waals surface area contributed by atoms with Crippen LogP contribution in [0.4, 0.5) is 0 Å². The van der Waals surface area contributed by atoms with Gasteiger partial charge in [-0.15, -0.1) is 0 Å². The van der Waals surface area contributed by atoms with E-state index in [0.717, 1.165) is 23.9 Å². The SMILES string of the molecule is CC(C)(C)[S+](OCCCn1ncc2cc(B(O)O)ccc21)c1ccccc1. The molecule has 142 valence electrons. The average Bonchev–Trinajstić information content (AvgIpc) is 3.03. The quantitative estimate of drug-likeness (QED) is 0.373. The van der Waals surface area contributed by atoms with E-state index in [2.05, 4.69) is 50.1 Å². The van der Waals surface area contributed by atoms with Gasteiger partial charge in [0.05, 0.1) is 11.7 Å². The molecule has 5 nitrogen and oxygen atoms in total. The smallest absolute Gasteiger partial charge is 0.423 e. The summed E-state index contributed by atoms with van der Waals surface area (Å²) < 4.78 is 8.25. The van der Waals surface area contributed by atoms with Crippen LogP contribution in [0.2, 0.25) is 0 Å². The summed E-state index contributed by atoms with van der Waals surface area (Å²) in [7, 11) is -1.46. The van der Waals surface area contributed by atoms with Gasteiger partial charge in [0, 0.05) is 11.9 Å². The molecule has 0 amide bonds. The number of aromatic nitrogens is 2. The maximum absolute atomic E-state index is 9.29. The Morgan fingerprint density at radius 2 is 1.85 bits per heavy atom. The number of hydrogen-bond donors (Lipinski definition) is 2. The molecule has 0 radical (unpaired) electrons. The van der Waals surface area contributed by atoms with Crippen molar-refractivity contribution >= 4 is 34.7 Å². The number of hydrogen-bond acceptors (Lipinski definition) is 4. The number of nitrogens with zero attached hydrogens (tertiary/aromatic N) is 2. The fourth-order valence-corrected chi connectivity index (χ4v) is 4.83. The lowest BCUT2D eigenvalue weighted by atomic mass is 9.80. The molecule has 1 unspecified atom stereocenters. The van der Waals surface area contributed by atoms with Crippen molar-refractivity contribution < 1.29 is 14.2 Å². The highest BCUT2D eigenvalue weighted by Gasteiger charge is 2.39. The highest BCUT2D eigenvalue weighted by molar-refractivity contribution is 7.93. The van der Waals surface area contributed by atoms with Crippen LogP contribution in [0.1, 0.15) is 27.2 Å². The van der Waals surface area contributed by atoms with Gasteiger partial charge >= 0.3 is 7.12 Å². The molecule has 1 aromatic heterocycles. The standard InChI is InChI=1S/C20H26BN2O3S/c1-20(2,3)27(18-8-5-4-6-9-18)26-13-7-12-23-19-11-10-17(21(24)25)14-16(19)15-22-23/h4-6,8-11,14-15,24-25H,7,12-13H2,1-3H3/q+1. The molecular weight excluding hydrogens is 359 g/mol. The molecule has 27 heavy (non-hydrogen) atoms. The van der Waals surface area contributed by atoms with E-state index in [4.69, 9.17) is 4.18 Å². The molecule has 0 saturated heterocycles. The van der Waals surface area contributed by atoms with Gasteiger partial charge in [-0.05, 0) is 50.9 Å². The summed E-state index contributed by atoms with van der Waals surface area (Å²) in [6, 6.07) is 15.7. The van der Waals surface area contributed by atoms with E-state index in [1.165, 1.54) is 4.90 Å². The molecule has 0 spiro atoms. The van der Waals surface area contributed by atoms with Gasteiger partial charge in [-0.25, -0.2) is 0 Å². The monoisotopic (exact) mass is 385 g/mol. The highest BCUT2D eigenvalue weighted by atomic mass is 32.2. The number of rotatable bonds is 7. The second-order valence-electron chi connectivity index (χ2n) is 7.43. The Labute approximate surface area is 163 Å². The van der Waals surface area contributed by atoms with Crippen LogP contribution < -0.4 is 5.46 Å². The second kappa shape index (κ2) is 8.48. The van der Waals surface area contributed by atoms with Crippen molar-refractivity contribution in [2.24, 2.45) is 0 Å². The van der Waals surface area contributed by atoms with Gasteiger partial charge in [-0.3, -0.25) is 4.68 Å². The number of benzene rings is 2. The van der Waals surface area contributed by atoms with E-state index in [1.54, 1.807) is 18.3 Å². The van der Waals surface area contributed by atoms with Crippen LogP contribution in [0.5, 0.6) is 0 Å². The van der Waals surface area contributed by atoms with Gasteiger partial charge in [0.2, 0.25) is 0 Å². The fraction of sp³-hybridized carbons (Fsp3) is 0.350. The number of aryl methyl sites for hydroxylation is 1. The first-order chi connectivity index (χ1) is 12.9. The minimum Gasteiger partial charge on any atom is -0.423 e. The summed E-state index contributed by atoms with van der Waals surface area (Å²) in [4.78, 5) is 1.23. The Balaban J connectivity index is 1.61. The molecule has 0 aliphatic carbocycles. The summed E-state index contributed by atoms with van der Waals surface area (Å²) in [5.74, 6) is 0. The predicted octanol–water partition coefficient (Wildman–Crippen LogP) is 2.51. The average molecular weight is 385 g/mol. The van der Waals surface area contributed by atoms with Crippen molar-refractivity contribution in [3.05, 3.63) is 54.7 Å². The molecule has 0 bridgehead atoms. The Hall–Kier alpha value is -1.80. The Bertz CT molecular complexity index is 878. The van der Waals surface area contributed by atoms with E-state index in [1.807, 2.05) is 16.8 Å². The van der Waals surface area contributed by atoms with Crippen molar-refractivity contribution in [3.8, 4) is 0 Å². The van der Waals surface area contributed by atoms with Crippen molar-refractivity contribution in [2.75, 3.05) is 6.61 Å². The molecule has 3 aromatic rings. The van der Waals surface area contributed by atoms with E-state index in [-0.39, 0.29) is 15.9 Å². The molecule has 7 heteroatoms. The Morgan fingerprint density at radius 3 is 2.52 bits per heavy atom. The molecule has 3 rings (SSSR count). The van der Waals surface area contributed by atoms with Gasteiger partial charge < -0.3 is 10.0 Å². The molecular formula is C20H26BN2O3S+. The van der Waals surface area contributed by atoms with Crippen LogP contribution in [0, 0.1) is 0 Å². The van der Waals surface area contributed by atoms with Crippen LogP contribution >= 0.6 is 0 Å². The van der Waals surface area contributed by atoms with Crippen molar-refractivity contribution in [3.63, 3.8) is 0 Å². The lowest BCUT2D eigenvalue weighted by Crippen LogP contribution is -2.31. The third-order valence-electron chi connectivity index (χ3n) is 4.19. The van der Waals surface area contributed by atoms with Crippen LogP contribution in [-0.4, -0.2) is 38.3 Å². The molecule has 0 aliphatic heterocycles. The summed E-state index contributed by atoms with van der Waals surface area (Å²) in [5, 5.41) is 23.9. The van der Waals surface area contributed by atoms with Crippen LogP contribution in [0.3, 0.4) is 0 Å². The second-order valence-corrected chi connectivity index (χ2v) is 9.90. The maximum atomic E-state index is 9.29. The van der Waals surface area contributed by atoms with Crippen LogP contribution in [-0.2, 0) is 21.9 Å². The third kappa shape index (κ3) is 4.93. The minimum atomic E-state index is -1.46. The summed E-state index contributed by atoms with van der Waals surface area (Å²) in [6.07, 6.45) is 2.61. The fourth-order valence-electron chi connectivity index (χ4n) is 2.94. The molecule has 0 saturated carbocycles. The van der Waals surface area contributed by atoms with Crippen LogP contribution in [0.15, 0.2) is 59.6 Å². The number of fused-ring (bicyclic) bond motifs is 1. The van der Waals surface area contributed by atoms with Crippen LogP contribution in [0.25, 0.3) is 10.9 Å². The van der Waals surface area contributed by atoms with Crippen molar-refractivity contribution in [1.29, 1.82) is 0 Å². The molecule has 0 aliphatic rings. The normalized spacial score (nSPS) is 13.1. The zero-order chi connectivity index (χ0) is 19.4. The van der Waals surface area contributed by atoms with E-state index >= 15 is 0 Å². The lowest BCUT2D eigenvalue weighted by molar-refractivity contribution is 0.329. The first-order valence-corrected chi connectivity index (χ1v) is 10.3. The zero-order valence-electron chi connectivity index (χ0n) is 16.0. The van der Waals surface area contributed by atoms with E-state index in [0.29, 0.717) is 12.1 Å². The molecule has 2 aromatic carbocycles. The zero-order valence-corrected chi connectivity index (χ0v) is 16.8. The summed E-state index contributed by atoms with van der Waals surface area (Å²) in [6.45, 7) is 8.02. The molecule has 2 N–H and O–H groups in total. The molecule has 1 atom stereocenters. The maximum Gasteiger partial charge on any atom is 0.488 e. The summed E-state index contributed by atoms with van der Waals surface area (Å²) in [5.41, 5.74) is 1.46. The van der Waals surface area contributed by atoms with Crippen molar-refractivity contribution in [1.82, 2.24) is 9.78 Å². The van der Waals surface area contributed by atoms with Gasteiger partial charge in [0.1, 0.15) is 6.61 Å². The Kier molecular flexibility index (Phi) is 6.27. The molecule has 1 heterocycles. The van der Waals surface area contributed by atoms with E-state index < -0.39 is 7.12 Å². The van der Waals surface area contributed by atoms with Gasteiger partial charge in [-0.1, -0.05) is 30.3 Å². The molecule has 0 fully saturated rings.